The van der Waals surface area contributed by atoms with E-state index >= 15 is 0 Å². The van der Waals surface area contributed by atoms with E-state index in [2.05, 4.69) is 20.5 Å². The first-order valence-electron chi connectivity index (χ1n) is 12.3. The number of anilines is 3. The van der Waals surface area contributed by atoms with Gasteiger partial charge in [-0.05, 0) is 48.0 Å². The fraction of sp³-hybridized carbons (Fsp3) is 0.280. The molecule has 0 aliphatic carbocycles. The lowest BCUT2D eigenvalue weighted by atomic mass is 9.97. The number of amides is 4. The number of benzene rings is 1. The molecule has 0 saturated carbocycles. The highest BCUT2D eigenvalue weighted by atomic mass is 32.2. The van der Waals surface area contributed by atoms with Gasteiger partial charge in [0.05, 0.1) is 31.5 Å². The van der Waals surface area contributed by atoms with Crippen LogP contribution in [0.15, 0.2) is 52.9 Å². The summed E-state index contributed by atoms with van der Waals surface area (Å²) in [5, 5.41) is 4.93. The minimum Gasteiger partial charge on any atom is -0.384 e. The highest BCUT2D eigenvalue weighted by molar-refractivity contribution is 7.92. The van der Waals surface area contributed by atoms with Crippen LogP contribution in [0.5, 0.6) is 0 Å². The summed E-state index contributed by atoms with van der Waals surface area (Å²) in [6, 6.07) is 8.94. The molecule has 0 unspecified atom stereocenters. The molecule has 4 amide bonds. The van der Waals surface area contributed by atoms with Gasteiger partial charge < -0.3 is 15.4 Å². The van der Waals surface area contributed by atoms with Crippen LogP contribution in [0.1, 0.15) is 15.9 Å². The molecule has 2 aliphatic rings. The van der Waals surface area contributed by atoms with Crippen molar-refractivity contribution in [3.63, 3.8) is 0 Å². The van der Waals surface area contributed by atoms with E-state index in [1.165, 1.54) is 18.3 Å². The number of ether oxygens (including phenoxy) is 1. The highest BCUT2D eigenvalue weighted by Gasteiger charge is 2.33. The lowest BCUT2D eigenvalue weighted by Gasteiger charge is -2.27. The zero-order valence-electron chi connectivity index (χ0n) is 21.1. The average molecular weight is 589 g/mol. The Bertz CT molecular complexity index is 1540. The van der Waals surface area contributed by atoms with E-state index < -0.39 is 33.0 Å². The van der Waals surface area contributed by atoms with Gasteiger partial charge in [0.15, 0.2) is 5.13 Å². The largest absolute Gasteiger partial charge is 0.384 e. The summed E-state index contributed by atoms with van der Waals surface area (Å²) in [6.07, 6.45) is 1.19. The number of halogens is 1. The minimum absolute atomic E-state index is 0.00528. The topological polar surface area (TPSA) is 150 Å². The van der Waals surface area contributed by atoms with Crippen LogP contribution in [0.25, 0.3) is 0 Å². The third kappa shape index (κ3) is 6.28. The Morgan fingerprint density at radius 1 is 1.07 bits per heavy atom. The Balaban J connectivity index is 1.20. The molecule has 0 atom stereocenters. The molecule has 2 aromatic heterocycles. The second kappa shape index (κ2) is 11.7. The van der Waals surface area contributed by atoms with Gasteiger partial charge in [-0.25, -0.2) is 27.8 Å². The van der Waals surface area contributed by atoms with Crippen LogP contribution in [0.4, 0.5) is 26.4 Å². The Labute approximate surface area is 233 Å². The van der Waals surface area contributed by atoms with Gasteiger partial charge in [0.1, 0.15) is 10.0 Å². The summed E-state index contributed by atoms with van der Waals surface area (Å²) in [7, 11) is -4.25. The number of thiophene rings is 1. The quantitative estimate of drug-likeness (QED) is 0.337. The molecule has 40 heavy (non-hydrogen) atoms. The van der Waals surface area contributed by atoms with E-state index in [4.69, 9.17) is 4.74 Å². The molecule has 3 aromatic rings. The van der Waals surface area contributed by atoms with Gasteiger partial charge in [0, 0.05) is 37.4 Å². The van der Waals surface area contributed by atoms with Crippen molar-refractivity contribution < 1.29 is 31.9 Å². The molecule has 5 rings (SSSR count). The summed E-state index contributed by atoms with van der Waals surface area (Å²) in [6.45, 7) is 4.81. The molecule has 0 spiro atoms. The van der Waals surface area contributed by atoms with Gasteiger partial charge in [-0.1, -0.05) is 11.3 Å². The molecular weight excluding hydrogens is 563 g/mol. The standard InChI is InChI=1S/C25H25FN6O6S2/c26-20-4-6-23(39-20)40(36,37)30-25(35)29-18-2-5-21(28-15-18)32-22(33)14-16-13-17(1-3-19(16)24(32)34)27-7-8-31-9-11-38-12-10-31/h1-6,13,15,27H,7-12,14H2,(H2,29,30,35). The number of hydrogen-bond acceptors (Lipinski definition) is 10. The van der Waals surface area contributed by atoms with Crippen molar-refractivity contribution in [1.29, 1.82) is 0 Å². The summed E-state index contributed by atoms with van der Waals surface area (Å²) >= 11 is 0.378. The van der Waals surface area contributed by atoms with E-state index in [0.29, 0.717) is 29.0 Å². The molecule has 0 bridgehead atoms. The molecule has 2 aliphatic heterocycles. The van der Waals surface area contributed by atoms with Crippen molar-refractivity contribution in [2.75, 3.05) is 54.9 Å². The Morgan fingerprint density at radius 3 is 2.55 bits per heavy atom. The van der Waals surface area contributed by atoms with Gasteiger partial charge in [0.25, 0.3) is 15.9 Å². The van der Waals surface area contributed by atoms with Gasteiger partial charge >= 0.3 is 6.03 Å². The number of nitrogens with zero attached hydrogens (tertiary/aromatic N) is 3. The molecule has 1 fully saturated rings. The number of morpholine rings is 1. The first kappa shape index (κ1) is 27.6. The van der Waals surface area contributed by atoms with Crippen molar-refractivity contribution in [3.05, 3.63) is 64.9 Å². The molecular formula is C25H25FN6O6S2. The smallest absolute Gasteiger partial charge is 0.333 e. The second-order valence-corrected chi connectivity index (χ2v) is 11.9. The Kier molecular flexibility index (Phi) is 8.07. The summed E-state index contributed by atoms with van der Waals surface area (Å²) in [5.74, 6) is -0.921. The van der Waals surface area contributed by atoms with Crippen molar-refractivity contribution in [3.8, 4) is 0 Å². The number of pyridine rings is 1. The number of sulfonamides is 1. The Morgan fingerprint density at radius 2 is 1.85 bits per heavy atom. The van der Waals surface area contributed by atoms with Crippen LogP contribution in [-0.4, -0.2) is 75.5 Å². The average Bonchev–Trinajstić information content (AvgIpc) is 3.37. The predicted molar refractivity (Wildman–Crippen MR) is 146 cm³/mol. The van der Waals surface area contributed by atoms with Crippen LogP contribution in [0.2, 0.25) is 0 Å². The van der Waals surface area contributed by atoms with Crippen LogP contribution in [0.3, 0.4) is 0 Å². The Hall–Kier alpha value is -3.92. The lowest BCUT2D eigenvalue weighted by Crippen LogP contribution is -2.43. The number of urea groups is 1. The second-order valence-electron chi connectivity index (χ2n) is 8.99. The number of carbonyl (C=O) groups excluding carboxylic acids is 3. The number of imide groups is 1. The van der Waals surface area contributed by atoms with E-state index in [1.807, 2.05) is 0 Å². The van der Waals surface area contributed by atoms with Gasteiger partial charge in [-0.3, -0.25) is 14.5 Å². The van der Waals surface area contributed by atoms with Crippen LogP contribution >= 0.6 is 11.3 Å². The fourth-order valence-electron chi connectivity index (χ4n) is 4.31. The highest BCUT2D eigenvalue weighted by Crippen LogP contribution is 2.27. The number of hydrogen-bond donors (Lipinski definition) is 3. The van der Waals surface area contributed by atoms with E-state index in [1.54, 1.807) is 22.9 Å². The number of nitrogens with one attached hydrogen (secondary N) is 3. The molecule has 4 heterocycles. The molecule has 3 N–H and O–H groups in total. The monoisotopic (exact) mass is 588 g/mol. The number of rotatable bonds is 8. The molecule has 15 heteroatoms. The van der Waals surface area contributed by atoms with Crippen molar-refractivity contribution >= 4 is 56.4 Å². The summed E-state index contributed by atoms with van der Waals surface area (Å²) in [5.41, 5.74) is 1.93. The van der Waals surface area contributed by atoms with Crippen molar-refractivity contribution in [2.45, 2.75) is 10.6 Å². The van der Waals surface area contributed by atoms with Crippen LogP contribution < -0.4 is 20.3 Å². The third-order valence-corrected chi connectivity index (χ3v) is 8.96. The molecule has 1 saturated heterocycles. The van der Waals surface area contributed by atoms with E-state index in [0.717, 1.165) is 55.6 Å². The van der Waals surface area contributed by atoms with Crippen molar-refractivity contribution in [2.24, 2.45) is 0 Å². The molecule has 12 nitrogen and oxygen atoms in total. The van der Waals surface area contributed by atoms with Crippen LogP contribution in [0, 0.1) is 5.13 Å². The maximum atomic E-state index is 13.2. The van der Waals surface area contributed by atoms with E-state index in [-0.39, 0.29) is 22.1 Å². The van der Waals surface area contributed by atoms with Crippen LogP contribution in [-0.2, 0) is 26.0 Å². The molecule has 1 aromatic carbocycles. The first-order chi connectivity index (χ1) is 19.2. The summed E-state index contributed by atoms with van der Waals surface area (Å²) < 4.78 is 44.3. The lowest BCUT2D eigenvalue weighted by molar-refractivity contribution is -0.117. The SMILES string of the molecule is O=C(Nc1ccc(N2C(=O)Cc3cc(NCCN4CCOCC4)ccc3C2=O)nc1)NS(=O)(=O)c1ccc(F)s1. The van der Waals surface area contributed by atoms with E-state index in [9.17, 15) is 27.2 Å². The normalized spacial score (nSPS) is 16.0. The first-order valence-corrected chi connectivity index (χ1v) is 14.6. The molecule has 0 radical (unpaired) electrons. The van der Waals surface area contributed by atoms with Gasteiger partial charge in [-0.2, -0.15) is 4.39 Å². The number of aromatic nitrogens is 1. The number of fused-ring (bicyclic) bond motifs is 1. The van der Waals surface area contributed by atoms with Gasteiger partial charge in [-0.15, -0.1) is 0 Å². The molecule has 210 valence electrons. The minimum atomic E-state index is -4.25. The predicted octanol–water partition coefficient (Wildman–Crippen LogP) is 2.27. The third-order valence-electron chi connectivity index (χ3n) is 6.27. The van der Waals surface area contributed by atoms with Crippen molar-refractivity contribution in [1.82, 2.24) is 14.6 Å². The summed E-state index contributed by atoms with van der Waals surface area (Å²) in [4.78, 5) is 45.6. The number of carbonyl (C=O) groups is 3. The zero-order chi connectivity index (χ0) is 28.3. The maximum absolute atomic E-state index is 13.2. The fourth-order valence-corrected chi connectivity index (χ4v) is 6.22. The zero-order valence-corrected chi connectivity index (χ0v) is 22.7. The maximum Gasteiger partial charge on any atom is 0.333 e. The van der Waals surface area contributed by atoms with Gasteiger partial charge in [0.2, 0.25) is 5.91 Å².